The van der Waals surface area contributed by atoms with Crippen molar-refractivity contribution in [2.24, 2.45) is 4.99 Å². The van der Waals surface area contributed by atoms with Gasteiger partial charge in [0.2, 0.25) is 0 Å². The third-order valence-electron chi connectivity index (χ3n) is 6.47. The molecule has 0 saturated carbocycles. The molecule has 6 nitrogen and oxygen atoms in total. The van der Waals surface area contributed by atoms with Gasteiger partial charge in [0, 0.05) is 29.2 Å². The number of benzene rings is 3. The number of thioether (sulfide) groups is 1. The number of rotatable bonds is 5. The Labute approximate surface area is 228 Å². The number of halogens is 3. The van der Waals surface area contributed by atoms with Crippen LogP contribution >= 0.6 is 11.8 Å². The zero-order chi connectivity index (χ0) is 27.6. The predicted molar refractivity (Wildman–Crippen MR) is 148 cm³/mol. The molecule has 2 aliphatic heterocycles. The van der Waals surface area contributed by atoms with E-state index in [0.29, 0.717) is 22.6 Å². The largest absolute Gasteiger partial charge is 0.416 e. The first kappa shape index (κ1) is 26.6. The molecule has 0 aliphatic carbocycles. The van der Waals surface area contributed by atoms with Gasteiger partial charge in [0.15, 0.2) is 5.17 Å². The second-order valence-corrected chi connectivity index (χ2v) is 10.2. The Kier molecular flexibility index (Phi) is 7.47. The fourth-order valence-corrected chi connectivity index (χ4v) is 5.63. The second kappa shape index (κ2) is 11.0. The molecule has 1 fully saturated rings. The molecule has 1 atom stereocenters. The topological polar surface area (TPSA) is 73.8 Å². The Morgan fingerprint density at radius 3 is 2.33 bits per heavy atom. The number of hydrogen-bond donors (Lipinski definition) is 2. The number of nitrogens with zero attached hydrogens (tertiary/aromatic N) is 2. The van der Waals surface area contributed by atoms with Crippen LogP contribution < -0.4 is 10.6 Å². The second-order valence-electron chi connectivity index (χ2n) is 9.17. The highest BCUT2D eigenvalue weighted by Gasteiger charge is 2.37. The lowest BCUT2D eigenvalue weighted by atomic mass is 9.93. The molecule has 200 valence electrons. The summed E-state index contributed by atoms with van der Waals surface area (Å²) in [6.45, 7) is 2.57. The van der Waals surface area contributed by atoms with E-state index in [-0.39, 0.29) is 17.5 Å². The summed E-state index contributed by atoms with van der Waals surface area (Å²) in [5, 5.41) is 6.49. The maximum atomic E-state index is 13.5. The van der Waals surface area contributed by atoms with E-state index in [1.165, 1.54) is 12.1 Å². The number of hydrogen-bond acceptors (Lipinski definition) is 5. The number of amidine groups is 1. The Morgan fingerprint density at radius 1 is 0.923 bits per heavy atom. The minimum absolute atomic E-state index is 0.0918. The summed E-state index contributed by atoms with van der Waals surface area (Å²) >= 11 is 1.65. The number of para-hydroxylation sites is 1. The van der Waals surface area contributed by atoms with Gasteiger partial charge in [-0.05, 0) is 61.4 Å². The van der Waals surface area contributed by atoms with Crippen molar-refractivity contribution in [3.05, 3.63) is 107 Å². The summed E-state index contributed by atoms with van der Waals surface area (Å²) in [7, 11) is 0. The van der Waals surface area contributed by atoms with Crippen molar-refractivity contribution in [1.29, 1.82) is 0 Å². The maximum absolute atomic E-state index is 13.5. The van der Waals surface area contributed by atoms with Crippen molar-refractivity contribution in [3.63, 3.8) is 0 Å². The number of carbonyl (C=O) groups is 2. The molecule has 0 radical (unpaired) electrons. The van der Waals surface area contributed by atoms with Gasteiger partial charge in [0.25, 0.3) is 11.8 Å². The van der Waals surface area contributed by atoms with Gasteiger partial charge in [-0.3, -0.25) is 9.59 Å². The Morgan fingerprint density at radius 2 is 1.62 bits per heavy atom. The number of carbonyl (C=O) groups excluding carboxylic acids is 2. The normalized spacial score (nSPS) is 17.3. The molecule has 1 unspecified atom stereocenters. The van der Waals surface area contributed by atoms with Gasteiger partial charge >= 0.3 is 6.18 Å². The van der Waals surface area contributed by atoms with Crippen LogP contribution in [0, 0.1) is 0 Å². The lowest BCUT2D eigenvalue weighted by Crippen LogP contribution is -2.43. The molecule has 3 aromatic carbocycles. The molecule has 2 amide bonds. The SMILES string of the molecule is CC1=C(C(=O)Nc2ccccc2)C(c2ccc(NC(=O)c3cccc(C(F)(F)F)c3)cc2)N2CCCSC2=N1. The van der Waals surface area contributed by atoms with Gasteiger partial charge < -0.3 is 15.5 Å². The van der Waals surface area contributed by atoms with Crippen LogP contribution in [0.1, 0.15) is 40.9 Å². The monoisotopic (exact) mass is 550 g/mol. The van der Waals surface area contributed by atoms with Gasteiger partial charge in [0.1, 0.15) is 0 Å². The fraction of sp³-hybridized carbons (Fsp3) is 0.207. The number of anilines is 2. The van der Waals surface area contributed by atoms with E-state index in [9.17, 15) is 22.8 Å². The van der Waals surface area contributed by atoms with Crippen LogP contribution in [0.4, 0.5) is 24.5 Å². The highest BCUT2D eigenvalue weighted by molar-refractivity contribution is 8.13. The standard InChI is InChI=1S/C29H25F3N4O2S/c1-18-24(27(38)35-22-9-3-2-4-10-22)25(36-15-6-16-39-28(36)33-18)19-11-13-23(14-12-19)34-26(37)20-7-5-8-21(17-20)29(30,31)32/h2-5,7-14,17,25H,6,15-16H2,1H3,(H,34,37)(H,35,38). The third-order valence-corrected chi connectivity index (χ3v) is 7.55. The molecule has 3 aromatic rings. The average Bonchev–Trinajstić information content (AvgIpc) is 2.93. The first-order valence-electron chi connectivity index (χ1n) is 12.3. The van der Waals surface area contributed by atoms with Crippen molar-refractivity contribution < 1.29 is 22.8 Å². The van der Waals surface area contributed by atoms with Crippen molar-refractivity contribution >= 4 is 40.1 Å². The highest BCUT2D eigenvalue weighted by atomic mass is 32.2. The maximum Gasteiger partial charge on any atom is 0.416 e. The third kappa shape index (κ3) is 5.85. The summed E-state index contributed by atoms with van der Waals surface area (Å²) in [4.78, 5) is 33.0. The van der Waals surface area contributed by atoms with Crippen molar-refractivity contribution in [2.75, 3.05) is 22.9 Å². The van der Waals surface area contributed by atoms with Crippen LogP contribution in [0.3, 0.4) is 0 Å². The first-order valence-corrected chi connectivity index (χ1v) is 13.3. The number of allylic oxidation sites excluding steroid dienone is 1. The summed E-state index contributed by atoms with van der Waals surface area (Å²) in [6.07, 6.45) is -3.60. The summed E-state index contributed by atoms with van der Waals surface area (Å²) in [5.74, 6) is 0.0533. The van der Waals surface area contributed by atoms with E-state index in [0.717, 1.165) is 41.6 Å². The molecule has 0 bridgehead atoms. The minimum atomic E-state index is -4.54. The quantitative estimate of drug-likeness (QED) is 0.370. The van der Waals surface area contributed by atoms with Crippen LogP contribution in [0.5, 0.6) is 0 Å². The van der Waals surface area contributed by atoms with E-state index in [1.807, 2.05) is 49.4 Å². The number of alkyl halides is 3. The Hall–Kier alpha value is -4.05. The summed E-state index contributed by atoms with van der Waals surface area (Å²) < 4.78 is 39.2. The Bertz CT molecular complexity index is 1450. The molecular formula is C29H25F3N4O2S. The van der Waals surface area contributed by atoms with Gasteiger partial charge in [-0.15, -0.1) is 0 Å². The van der Waals surface area contributed by atoms with Crippen LogP contribution in [0.15, 0.2) is 95.1 Å². The molecule has 2 aliphatic rings. The minimum Gasteiger partial charge on any atom is -0.340 e. The van der Waals surface area contributed by atoms with Gasteiger partial charge in [0.05, 0.1) is 22.9 Å². The predicted octanol–water partition coefficient (Wildman–Crippen LogP) is 6.72. The van der Waals surface area contributed by atoms with Crippen molar-refractivity contribution in [3.8, 4) is 0 Å². The zero-order valence-electron chi connectivity index (χ0n) is 21.0. The molecule has 0 aromatic heterocycles. The van der Waals surface area contributed by atoms with Crippen LogP contribution in [-0.4, -0.2) is 34.2 Å². The molecule has 0 spiro atoms. The van der Waals surface area contributed by atoms with Gasteiger partial charge in [-0.25, -0.2) is 4.99 Å². The van der Waals surface area contributed by atoms with Crippen molar-refractivity contribution in [1.82, 2.24) is 4.90 Å². The molecule has 10 heteroatoms. The zero-order valence-corrected chi connectivity index (χ0v) is 21.8. The molecule has 5 rings (SSSR count). The lowest BCUT2D eigenvalue weighted by Gasteiger charge is -2.40. The van der Waals surface area contributed by atoms with Gasteiger partial charge in [-0.2, -0.15) is 13.2 Å². The van der Waals surface area contributed by atoms with E-state index in [1.54, 1.807) is 23.9 Å². The van der Waals surface area contributed by atoms with E-state index >= 15 is 0 Å². The summed E-state index contributed by atoms with van der Waals surface area (Å²) in [6, 6.07) is 20.1. The van der Waals surface area contributed by atoms with E-state index < -0.39 is 17.6 Å². The fourth-order valence-electron chi connectivity index (χ4n) is 4.61. The van der Waals surface area contributed by atoms with E-state index in [4.69, 9.17) is 4.99 Å². The van der Waals surface area contributed by atoms with Gasteiger partial charge in [-0.1, -0.05) is 48.2 Å². The molecule has 2 N–H and O–H groups in total. The lowest BCUT2D eigenvalue weighted by molar-refractivity contribution is -0.137. The summed E-state index contributed by atoms with van der Waals surface area (Å²) in [5.41, 5.74) is 2.13. The van der Waals surface area contributed by atoms with E-state index in [2.05, 4.69) is 15.5 Å². The number of aliphatic imine (C=N–C) groups is 1. The molecule has 1 saturated heterocycles. The van der Waals surface area contributed by atoms with Crippen LogP contribution in [-0.2, 0) is 11.0 Å². The van der Waals surface area contributed by atoms with Crippen LogP contribution in [0.25, 0.3) is 0 Å². The number of amides is 2. The Balaban J connectivity index is 1.41. The number of nitrogens with one attached hydrogen (secondary N) is 2. The molecule has 2 heterocycles. The highest BCUT2D eigenvalue weighted by Crippen LogP contribution is 2.40. The first-order chi connectivity index (χ1) is 18.7. The average molecular weight is 551 g/mol. The molecule has 39 heavy (non-hydrogen) atoms. The molecular weight excluding hydrogens is 525 g/mol. The van der Waals surface area contributed by atoms with Crippen LogP contribution in [0.2, 0.25) is 0 Å². The number of fused-ring (bicyclic) bond motifs is 1. The van der Waals surface area contributed by atoms with Crippen molar-refractivity contribution in [2.45, 2.75) is 25.6 Å². The smallest absolute Gasteiger partial charge is 0.340 e.